The molecule has 26 heavy (non-hydrogen) atoms. The second-order valence-electron chi connectivity index (χ2n) is 7.47. The van der Waals surface area contributed by atoms with Crippen LogP contribution in [0.4, 0.5) is 0 Å². The van der Waals surface area contributed by atoms with Gasteiger partial charge < -0.3 is 19.4 Å². The molecule has 1 saturated heterocycles. The van der Waals surface area contributed by atoms with Crippen LogP contribution in [-0.2, 0) is 14.3 Å². The van der Waals surface area contributed by atoms with Crippen LogP contribution in [0.2, 0.25) is 0 Å². The van der Waals surface area contributed by atoms with Crippen molar-refractivity contribution in [3.63, 3.8) is 0 Å². The number of rotatable bonds is 1. The number of hydrogen-bond acceptors (Lipinski definition) is 3. The van der Waals surface area contributed by atoms with Crippen LogP contribution in [0.3, 0.4) is 0 Å². The van der Waals surface area contributed by atoms with Crippen LogP contribution in [0.5, 0.6) is 0 Å². The number of nitrogens with one attached hydrogen (secondary N) is 1. The van der Waals surface area contributed by atoms with Crippen LogP contribution >= 0.6 is 0 Å². The zero-order chi connectivity index (χ0) is 17.8. The Labute approximate surface area is 151 Å². The minimum absolute atomic E-state index is 0.107. The van der Waals surface area contributed by atoms with E-state index in [1.165, 1.54) is 28.3 Å². The van der Waals surface area contributed by atoms with Crippen LogP contribution in [0, 0.1) is 11.8 Å². The third kappa shape index (κ3) is 2.16. The van der Waals surface area contributed by atoms with Gasteiger partial charge in [0, 0.05) is 12.3 Å². The Hall–Kier alpha value is -2.53. The first-order chi connectivity index (χ1) is 12.7. The molecule has 134 valence electrons. The molecule has 4 heterocycles. The van der Waals surface area contributed by atoms with Crippen molar-refractivity contribution >= 4 is 28.6 Å². The lowest BCUT2D eigenvalue weighted by Crippen LogP contribution is -3.13. The number of carbonyl (C=O) groups excluding carboxylic acids is 1. The standard InChI is InChI=1S/C21H21N2O3/c1-12-16-10-23-8-7-14-13-5-3-4-6-18(13)22-20(14)19(23)9-15(16)17(11-26-12)21(24)25-2/h3-7,11-12,15-16H,8-10H2,1-2H3/q-1/p+1. The zero-order valence-corrected chi connectivity index (χ0v) is 15.0. The number of benzene rings is 1. The lowest BCUT2D eigenvalue weighted by molar-refractivity contribution is -0.830. The normalized spacial score (nSPS) is 29.6. The van der Waals surface area contributed by atoms with Gasteiger partial charge in [0.15, 0.2) is 0 Å². The lowest BCUT2D eigenvalue weighted by atomic mass is 9.75. The minimum Gasteiger partial charge on any atom is -0.652 e. The number of fused-ring (bicyclic) bond motifs is 5. The Morgan fingerprint density at radius 1 is 1.35 bits per heavy atom. The number of piperidine rings is 1. The van der Waals surface area contributed by atoms with Crippen LogP contribution < -0.4 is 20.5 Å². The summed E-state index contributed by atoms with van der Waals surface area (Å²) in [5, 5.41) is 3.58. The second kappa shape index (κ2) is 5.74. The van der Waals surface area contributed by atoms with Gasteiger partial charge in [-0.25, -0.2) is 4.79 Å². The van der Waals surface area contributed by atoms with Crippen molar-refractivity contribution in [2.75, 3.05) is 20.2 Å². The second-order valence-corrected chi connectivity index (χ2v) is 7.47. The first kappa shape index (κ1) is 15.7. The Morgan fingerprint density at radius 3 is 3.04 bits per heavy atom. The first-order valence-corrected chi connectivity index (χ1v) is 9.21. The summed E-state index contributed by atoms with van der Waals surface area (Å²) in [4.78, 5) is 18.6. The van der Waals surface area contributed by atoms with Gasteiger partial charge in [0.1, 0.15) is 12.6 Å². The fourth-order valence-corrected chi connectivity index (χ4v) is 4.83. The summed E-state index contributed by atoms with van der Waals surface area (Å²) in [5.74, 6) is 0.169. The highest BCUT2D eigenvalue weighted by molar-refractivity contribution is 5.89. The SMILES string of the molecule is COC(=O)C1=COC(C)C2C[NH+]3CC=c4c([n-]c5ccccc45)=C3CC12. The van der Waals surface area contributed by atoms with Crippen molar-refractivity contribution in [1.29, 1.82) is 0 Å². The number of carbonyl (C=O) groups is 1. The topological polar surface area (TPSA) is 54.1 Å². The number of methoxy groups -OCH3 is 1. The molecule has 1 N–H and O–H groups in total. The highest BCUT2D eigenvalue weighted by Gasteiger charge is 2.45. The Balaban J connectivity index is 1.67. The summed E-state index contributed by atoms with van der Waals surface area (Å²) in [6.45, 7) is 4.01. The lowest BCUT2D eigenvalue weighted by Gasteiger charge is -2.43. The largest absolute Gasteiger partial charge is 0.652 e. The maximum absolute atomic E-state index is 12.3. The van der Waals surface area contributed by atoms with Crippen LogP contribution in [0.25, 0.3) is 22.7 Å². The molecule has 3 aliphatic rings. The van der Waals surface area contributed by atoms with Gasteiger partial charge in [-0.3, -0.25) is 0 Å². The quantitative estimate of drug-likeness (QED) is 0.718. The highest BCUT2D eigenvalue weighted by Crippen LogP contribution is 2.36. The van der Waals surface area contributed by atoms with Crippen LogP contribution in [0.15, 0.2) is 36.1 Å². The molecule has 0 amide bonds. The molecule has 5 rings (SSSR count). The molecule has 1 fully saturated rings. The van der Waals surface area contributed by atoms with E-state index in [0.717, 1.165) is 30.4 Å². The molecule has 0 aliphatic carbocycles. The average molecular weight is 350 g/mol. The smallest absolute Gasteiger partial charge is 0.337 e. The third-order valence-electron chi connectivity index (χ3n) is 6.20. The molecule has 3 aliphatic heterocycles. The van der Waals surface area contributed by atoms with E-state index in [0.29, 0.717) is 11.5 Å². The van der Waals surface area contributed by atoms with Crippen molar-refractivity contribution in [2.45, 2.75) is 19.4 Å². The maximum Gasteiger partial charge on any atom is 0.337 e. The summed E-state index contributed by atoms with van der Waals surface area (Å²) in [6, 6.07) is 8.32. The number of ether oxygens (including phenoxy) is 2. The van der Waals surface area contributed by atoms with Crippen molar-refractivity contribution in [1.82, 2.24) is 4.98 Å². The van der Waals surface area contributed by atoms with Crippen molar-refractivity contribution in [3.8, 4) is 0 Å². The predicted octanol–water partition coefficient (Wildman–Crippen LogP) is -0.304. The number of aromatic nitrogens is 1. The van der Waals surface area contributed by atoms with Crippen molar-refractivity contribution < 1.29 is 19.2 Å². The van der Waals surface area contributed by atoms with E-state index >= 15 is 0 Å². The molecule has 0 bridgehead atoms. The van der Waals surface area contributed by atoms with E-state index in [4.69, 9.17) is 14.5 Å². The highest BCUT2D eigenvalue weighted by atomic mass is 16.5. The number of quaternary nitrogens is 1. The summed E-state index contributed by atoms with van der Waals surface area (Å²) in [5.41, 5.74) is 3.03. The molecule has 0 spiro atoms. The molecule has 0 radical (unpaired) electrons. The van der Waals surface area contributed by atoms with Gasteiger partial charge in [0.2, 0.25) is 0 Å². The monoisotopic (exact) mass is 350 g/mol. The summed E-state index contributed by atoms with van der Waals surface area (Å²) in [7, 11) is 1.43. The van der Waals surface area contributed by atoms with Crippen molar-refractivity contribution in [2.24, 2.45) is 11.8 Å². The Morgan fingerprint density at radius 2 is 2.19 bits per heavy atom. The summed E-state index contributed by atoms with van der Waals surface area (Å²) in [6.07, 6.45) is 4.87. The third-order valence-corrected chi connectivity index (χ3v) is 6.20. The van der Waals surface area contributed by atoms with Gasteiger partial charge in [-0.2, -0.15) is 0 Å². The molecule has 1 aromatic carbocycles. The molecule has 4 atom stereocenters. The van der Waals surface area contributed by atoms with Gasteiger partial charge >= 0.3 is 5.97 Å². The fraction of sp³-hybridized carbons (Fsp3) is 0.381. The van der Waals surface area contributed by atoms with Crippen molar-refractivity contribution in [3.05, 3.63) is 46.7 Å². The Bertz CT molecular complexity index is 1050. The average Bonchev–Trinajstić information content (AvgIpc) is 3.06. The van der Waals surface area contributed by atoms with Gasteiger partial charge in [-0.1, -0.05) is 29.6 Å². The molecular formula is C21H22N2O3. The molecule has 4 unspecified atom stereocenters. The van der Waals surface area contributed by atoms with E-state index in [1.807, 2.05) is 6.07 Å². The van der Waals surface area contributed by atoms with Gasteiger partial charge in [-0.15, -0.1) is 5.52 Å². The molecule has 0 saturated carbocycles. The number of hydrogen-bond donors (Lipinski definition) is 1. The van der Waals surface area contributed by atoms with Gasteiger partial charge in [-0.05, 0) is 23.6 Å². The number of nitrogens with zero attached hydrogens (tertiary/aromatic N) is 1. The predicted molar refractivity (Wildman–Crippen MR) is 97.3 cm³/mol. The first-order valence-electron chi connectivity index (χ1n) is 9.21. The molecule has 1 aromatic heterocycles. The van der Waals surface area contributed by atoms with Gasteiger partial charge in [0.05, 0.1) is 37.1 Å². The molecule has 5 heteroatoms. The van der Waals surface area contributed by atoms with Gasteiger partial charge in [0.25, 0.3) is 0 Å². The Kier molecular flexibility index (Phi) is 3.47. The molecule has 2 aromatic rings. The molecule has 5 nitrogen and oxygen atoms in total. The fourth-order valence-electron chi connectivity index (χ4n) is 4.83. The molecular weight excluding hydrogens is 328 g/mol. The number of para-hydroxylation sites is 1. The van der Waals surface area contributed by atoms with E-state index in [-0.39, 0.29) is 18.0 Å². The van der Waals surface area contributed by atoms with E-state index in [2.05, 4.69) is 31.2 Å². The van der Waals surface area contributed by atoms with E-state index in [9.17, 15) is 4.79 Å². The summed E-state index contributed by atoms with van der Waals surface area (Å²) < 4.78 is 10.8. The van der Waals surface area contributed by atoms with E-state index < -0.39 is 0 Å². The minimum atomic E-state index is -0.279. The summed E-state index contributed by atoms with van der Waals surface area (Å²) >= 11 is 0. The number of esters is 1. The van der Waals surface area contributed by atoms with E-state index in [1.54, 1.807) is 6.26 Å². The maximum atomic E-state index is 12.3. The zero-order valence-electron chi connectivity index (χ0n) is 15.0. The van der Waals surface area contributed by atoms with Crippen LogP contribution in [-0.4, -0.2) is 32.3 Å². The van der Waals surface area contributed by atoms with Crippen LogP contribution in [0.1, 0.15) is 13.3 Å².